The van der Waals surface area contributed by atoms with Gasteiger partial charge in [-0.05, 0) is 156 Å². The molecule has 3 aliphatic rings. The lowest BCUT2D eigenvalue weighted by atomic mass is 9.85. The van der Waals surface area contributed by atoms with Gasteiger partial charge >= 0.3 is 0 Å². The quantitative estimate of drug-likeness (QED) is 0.0755. The number of anilines is 3. The van der Waals surface area contributed by atoms with Crippen molar-refractivity contribution in [3.8, 4) is 51.0 Å². The van der Waals surface area contributed by atoms with Crippen LogP contribution in [-0.4, -0.2) is 135 Å². The van der Waals surface area contributed by atoms with Crippen molar-refractivity contribution < 1.29 is 24.1 Å². The fourth-order valence-corrected chi connectivity index (χ4v) is 10.4. The van der Waals surface area contributed by atoms with E-state index >= 15 is 0 Å². The first-order chi connectivity index (χ1) is 39.7. The highest BCUT2D eigenvalue weighted by atomic mass is 16.5. The van der Waals surface area contributed by atoms with Gasteiger partial charge in [-0.2, -0.15) is 0 Å². The van der Waals surface area contributed by atoms with Crippen molar-refractivity contribution in [3.05, 3.63) is 108 Å². The summed E-state index contributed by atoms with van der Waals surface area (Å²) in [7, 11) is 0. The second-order valence-electron chi connectivity index (χ2n) is 26.2. The van der Waals surface area contributed by atoms with E-state index < -0.39 is 0 Å². The summed E-state index contributed by atoms with van der Waals surface area (Å²) in [6.07, 6.45) is 10.1. The molecule has 84 heavy (non-hydrogen) atoms. The Hall–Kier alpha value is -6.95. The largest absolute Gasteiger partial charge is 0.491 e. The molecule has 1 amide bonds. The van der Waals surface area contributed by atoms with Gasteiger partial charge in [0.2, 0.25) is 23.8 Å². The van der Waals surface area contributed by atoms with Crippen LogP contribution in [0.25, 0.3) is 33.8 Å². The minimum Gasteiger partial charge on any atom is -0.491 e. The fraction of sp³-hybridized carbons (Fsp3) is 0.537. The number of hydrogen-bond acceptors (Lipinski definition) is 16. The lowest BCUT2D eigenvalue weighted by molar-refractivity contribution is -0.120. The zero-order valence-corrected chi connectivity index (χ0v) is 52.9. The van der Waals surface area contributed by atoms with Crippen LogP contribution in [0, 0.1) is 0 Å². The molecule has 454 valence electrons. The Kier molecular flexibility index (Phi) is 22.1. The molecule has 3 fully saturated rings. The van der Waals surface area contributed by atoms with Crippen molar-refractivity contribution in [3.63, 3.8) is 0 Å². The average molecular weight is 1150 g/mol. The number of ether oxygens (including phenoxy) is 3. The molecule has 0 bridgehead atoms. The second kappa shape index (κ2) is 28.8. The first kappa shape index (κ1) is 64.6. The third-order valence-corrected chi connectivity index (χ3v) is 14.8. The topological polar surface area (TPSA) is 202 Å². The van der Waals surface area contributed by atoms with Gasteiger partial charge in [0.15, 0.2) is 0 Å². The van der Waals surface area contributed by atoms with E-state index in [4.69, 9.17) is 40.0 Å². The summed E-state index contributed by atoms with van der Waals surface area (Å²) in [5.74, 6) is 4.83. The second-order valence-corrected chi connectivity index (χ2v) is 26.2. The predicted molar refractivity (Wildman–Crippen MR) is 341 cm³/mol. The van der Waals surface area contributed by atoms with Crippen LogP contribution in [0.3, 0.4) is 0 Å². The highest BCUT2D eigenvalue weighted by molar-refractivity contribution is 5.82. The Morgan fingerprint density at radius 1 is 0.571 bits per heavy atom. The van der Waals surface area contributed by atoms with Crippen LogP contribution in [0.2, 0.25) is 0 Å². The molecule has 5 heterocycles. The molecule has 3 aromatic carbocycles. The molecule has 17 nitrogen and oxygen atoms in total. The smallest absolute Gasteiger partial charge is 0.239 e. The van der Waals surface area contributed by atoms with Crippen molar-refractivity contribution >= 4 is 23.8 Å². The van der Waals surface area contributed by atoms with Gasteiger partial charge in [0.05, 0.1) is 48.5 Å². The Balaban J connectivity index is 0.000000181. The Labute approximate surface area is 501 Å². The minimum atomic E-state index is -0.0545. The van der Waals surface area contributed by atoms with Crippen molar-refractivity contribution in [1.29, 1.82) is 0 Å². The molecule has 5 N–H and O–H groups in total. The first-order valence-electron chi connectivity index (χ1n) is 30.3. The van der Waals surface area contributed by atoms with E-state index in [2.05, 4.69) is 168 Å². The number of piperazine rings is 2. The molecular weight excluding hydrogens is 1050 g/mol. The van der Waals surface area contributed by atoms with Crippen LogP contribution in [-0.2, 0) is 21.0 Å². The maximum Gasteiger partial charge on any atom is 0.239 e. The molecule has 2 saturated heterocycles. The SMILES string of the molecule is CC(C)Oc1ccc(-c2ccnc(N3CCN(CCO)CC3)n2)cc1C(C)(C)C.CC(C)Oc1ccc(-c2ccnc(N3CCNC(=O)C3)n2)cc1C(C)(C)C.CC(C)Oc1ccc(-c2ccnc(N[C@H]3CC[C@@H](N)CC3)n2)cc1C(C)(C)C. The predicted octanol–water partition coefficient (Wildman–Crippen LogP) is 11.4. The molecule has 17 heteroatoms. The zero-order chi connectivity index (χ0) is 60.9. The molecule has 0 atom stereocenters. The molecule has 1 aliphatic carbocycles. The van der Waals surface area contributed by atoms with Gasteiger partial charge < -0.3 is 45.5 Å². The number of aliphatic hydroxyl groups is 1. The standard InChI is InChI=1S/C23H34N4O2.C23H34N4O.C21H28N4O2/c1-17(2)29-21-7-6-18(16-19(21)23(3,4)5)20-8-9-24-22(25-20)27-12-10-26(11-13-27)14-15-28;1-15(2)28-21-11-6-16(14-19(21)23(3,4)5)20-12-13-25-22(27-20)26-18-9-7-17(24)8-10-18;1-14(2)27-18-7-6-15(12-16(18)21(3,4)5)17-8-9-23-20(24-17)25-11-10-22-19(26)13-25/h6-9,16-17,28H,10-15H2,1-5H3;6,11-15,17-18H,7-10,24H2,1-5H3,(H,25,26,27);6-9,12,14H,10-11,13H2,1-5H3,(H,22,26)/t;17-,18+;. The van der Waals surface area contributed by atoms with E-state index in [1.54, 1.807) is 6.20 Å². The van der Waals surface area contributed by atoms with E-state index in [9.17, 15) is 4.79 Å². The minimum absolute atomic E-state index is 0.000425. The lowest BCUT2D eigenvalue weighted by Crippen LogP contribution is -2.48. The summed E-state index contributed by atoms with van der Waals surface area (Å²) in [6.45, 7) is 38.2. The van der Waals surface area contributed by atoms with Crippen molar-refractivity contribution in [2.75, 3.05) is 74.1 Å². The maximum absolute atomic E-state index is 11.7. The number of benzene rings is 3. The third kappa shape index (κ3) is 18.5. The van der Waals surface area contributed by atoms with Crippen molar-refractivity contribution in [2.24, 2.45) is 5.73 Å². The number of carbonyl (C=O) groups is 1. The summed E-state index contributed by atoms with van der Waals surface area (Å²) in [5.41, 5.74) is 15.3. The average Bonchev–Trinajstić information content (AvgIpc) is 2.97. The van der Waals surface area contributed by atoms with E-state index in [0.717, 1.165) is 121 Å². The molecule has 2 aliphatic heterocycles. The van der Waals surface area contributed by atoms with Gasteiger partial charge in [-0.25, -0.2) is 29.9 Å². The van der Waals surface area contributed by atoms with Crippen LogP contribution in [0.4, 0.5) is 17.8 Å². The first-order valence-corrected chi connectivity index (χ1v) is 30.3. The number of hydrogen-bond donors (Lipinski definition) is 4. The number of nitrogens with one attached hydrogen (secondary N) is 2. The number of β-amino-alcohol motifs (C(OH)–C–C–N with tert-alkyl or cyclic N) is 1. The summed E-state index contributed by atoms with van der Waals surface area (Å²) in [6, 6.07) is 25.5. The summed E-state index contributed by atoms with van der Waals surface area (Å²) < 4.78 is 18.1. The fourth-order valence-electron chi connectivity index (χ4n) is 10.4. The normalized spacial score (nSPS) is 17.0. The van der Waals surface area contributed by atoms with E-state index in [0.29, 0.717) is 37.1 Å². The molecule has 0 spiro atoms. The highest BCUT2D eigenvalue weighted by Gasteiger charge is 2.27. The van der Waals surface area contributed by atoms with Crippen molar-refractivity contribution in [1.82, 2.24) is 40.1 Å². The Morgan fingerprint density at radius 2 is 0.988 bits per heavy atom. The van der Waals surface area contributed by atoms with Gasteiger partial charge in [0.25, 0.3) is 0 Å². The van der Waals surface area contributed by atoms with Crippen LogP contribution in [0.15, 0.2) is 91.4 Å². The van der Waals surface area contributed by atoms with Crippen LogP contribution < -0.4 is 40.4 Å². The van der Waals surface area contributed by atoms with Crippen LogP contribution in [0.1, 0.15) is 146 Å². The number of nitrogens with two attached hydrogens (primary N) is 1. The van der Waals surface area contributed by atoms with Crippen LogP contribution >= 0.6 is 0 Å². The van der Waals surface area contributed by atoms with Gasteiger partial charge in [-0.3, -0.25) is 9.69 Å². The highest BCUT2D eigenvalue weighted by Crippen LogP contribution is 2.39. The zero-order valence-electron chi connectivity index (χ0n) is 52.9. The number of nitrogens with zero attached hydrogens (tertiary/aromatic N) is 9. The van der Waals surface area contributed by atoms with Gasteiger partial charge in [0.1, 0.15) is 17.2 Å². The van der Waals surface area contributed by atoms with E-state index in [1.807, 2.05) is 61.5 Å². The van der Waals surface area contributed by atoms with Gasteiger partial charge in [0, 0.05) is 110 Å². The molecule has 3 aromatic heterocycles. The molecule has 9 rings (SSSR count). The van der Waals surface area contributed by atoms with Crippen molar-refractivity contribution in [2.45, 2.75) is 176 Å². The van der Waals surface area contributed by atoms with E-state index in [1.165, 1.54) is 11.1 Å². The number of amides is 1. The van der Waals surface area contributed by atoms with Gasteiger partial charge in [-0.15, -0.1) is 0 Å². The number of carbonyl (C=O) groups excluding carboxylic acids is 1. The molecule has 6 aromatic rings. The number of aliphatic hydroxyl groups excluding tert-OH is 1. The molecule has 0 unspecified atom stereocenters. The summed E-state index contributed by atoms with van der Waals surface area (Å²) in [4.78, 5) is 45.7. The maximum atomic E-state index is 11.7. The van der Waals surface area contributed by atoms with E-state index in [-0.39, 0.29) is 53.6 Å². The number of rotatable bonds is 15. The Bertz CT molecular complexity index is 3080. The monoisotopic (exact) mass is 1150 g/mol. The number of aromatic nitrogens is 6. The van der Waals surface area contributed by atoms with Crippen LogP contribution in [0.5, 0.6) is 17.2 Å². The summed E-state index contributed by atoms with van der Waals surface area (Å²) in [5, 5.41) is 15.4. The lowest BCUT2D eigenvalue weighted by Gasteiger charge is -2.34. The molecule has 1 saturated carbocycles. The molecular formula is C67H96N12O5. The van der Waals surface area contributed by atoms with Gasteiger partial charge in [-0.1, -0.05) is 62.3 Å². The Morgan fingerprint density at radius 3 is 1.39 bits per heavy atom. The third-order valence-electron chi connectivity index (χ3n) is 14.8. The summed E-state index contributed by atoms with van der Waals surface area (Å²) >= 11 is 0. The molecule has 0 radical (unpaired) electrons.